The van der Waals surface area contributed by atoms with Crippen molar-refractivity contribution in [2.75, 3.05) is 20.1 Å². The zero-order chi connectivity index (χ0) is 14.3. The van der Waals surface area contributed by atoms with Crippen molar-refractivity contribution in [3.05, 3.63) is 28.8 Å². The highest BCUT2D eigenvalue weighted by Gasteiger charge is 2.35. The topological polar surface area (TPSA) is 35.5 Å². The quantitative estimate of drug-likeness (QED) is 0.889. The maximum absolute atomic E-state index is 10.3. The lowest BCUT2D eigenvalue weighted by molar-refractivity contribution is 0.215. The van der Waals surface area contributed by atoms with Gasteiger partial charge >= 0.3 is 0 Å². The summed E-state index contributed by atoms with van der Waals surface area (Å²) in [5.41, 5.74) is 3.87. The van der Waals surface area contributed by atoms with E-state index in [0.717, 1.165) is 19.5 Å². The van der Waals surface area contributed by atoms with Crippen molar-refractivity contribution in [1.29, 1.82) is 0 Å². The Hall–Kier alpha value is -1.06. The molecule has 2 aliphatic rings. The first kappa shape index (κ1) is 13.9. The van der Waals surface area contributed by atoms with Crippen LogP contribution in [0, 0.1) is 6.92 Å². The molecule has 0 radical (unpaired) electrons. The molecule has 1 heterocycles. The Morgan fingerprint density at radius 3 is 2.85 bits per heavy atom. The molecule has 0 amide bonds. The molecule has 2 N–H and O–H groups in total. The summed E-state index contributed by atoms with van der Waals surface area (Å²) < 4.78 is 0. The summed E-state index contributed by atoms with van der Waals surface area (Å²) in [5, 5.41) is 13.9. The number of hydrogen-bond donors (Lipinski definition) is 2. The van der Waals surface area contributed by atoms with E-state index in [9.17, 15) is 5.11 Å². The third-order valence-corrected chi connectivity index (χ3v) is 5.09. The average Bonchev–Trinajstić information content (AvgIpc) is 3.02. The first-order valence-corrected chi connectivity index (χ1v) is 7.84. The highest BCUT2D eigenvalue weighted by molar-refractivity contribution is 5.50. The summed E-state index contributed by atoms with van der Waals surface area (Å²) in [7, 11) is 2.20. The standard InChI is InChI=1S/C17H26N2O/c1-11-6-7-15(20)17-14(9-12(2)16(11)17)19(3)10-13-5-4-8-18-13/h6-7,12-14,18,20H,4-5,8-10H2,1-3H3. The largest absolute Gasteiger partial charge is 0.508 e. The second-order valence-corrected chi connectivity index (χ2v) is 6.61. The van der Waals surface area contributed by atoms with Crippen LogP contribution in [0.4, 0.5) is 0 Å². The highest BCUT2D eigenvalue weighted by atomic mass is 16.3. The molecule has 1 aliphatic carbocycles. The second-order valence-electron chi connectivity index (χ2n) is 6.61. The maximum Gasteiger partial charge on any atom is 0.120 e. The fourth-order valence-corrected chi connectivity index (χ4v) is 4.10. The number of rotatable bonds is 3. The molecule has 0 aromatic heterocycles. The van der Waals surface area contributed by atoms with E-state index >= 15 is 0 Å². The molecular weight excluding hydrogens is 248 g/mol. The fourth-order valence-electron chi connectivity index (χ4n) is 4.10. The summed E-state index contributed by atoms with van der Waals surface area (Å²) in [5.74, 6) is 1.02. The van der Waals surface area contributed by atoms with Crippen molar-refractivity contribution in [3.8, 4) is 5.75 Å². The lowest BCUT2D eigenvalue weighted by Gasteiger charge is -2.28. The third-order valence-electron chi connectivity index (χ3n) is 5.09. The van der Waals surface area contributed by atoms with Gasteiger partial charge in [-0.3, -0.25) is 4.90 Å². The number of fused-ring (bicyclic) bond motifs is 1. The van der Waals surface area contributed by atoms with Crippen molar-refractivity contribution >= 4 is 0 Å². The monoisotopic (exact) mass is 274 g/mol. The van der Waals surface area contributed by atoms with Crippen LogP contribution in [0.1, 0.15) is 54.8 Å². The second kappa shape index (κ2) is 5.38. The van der Waals surface area contributed by atoms with E-state index in [1.165, 1.54) is 29.5 Å². The molecule has 1 aliphatic heterocycles. The number of phenols is 1. The van der Waals surface area contributed by atoms with Crippen LogP contribution in [0.5, 0.6) is 5.75 Å². The lowest BCUT2D eigenvalue weighted by Crippen LogP contribution is -2.36. The number of benzene rings is 1. The molecule has 3 heteroatoms. The average molecular weight is 274 g/mol. The van der Waals surface area contributed by atoms with Gasteiger partial charge in [0, 0.05) is 24.2 Å². The van der Waals surface area contributed by atoms with Crippen molar-refractivity contribution in [3.63, 3.8) is 0 Å². The van der Waals surface area contributed by atoms with Crippen molar-refractivity contribution in [1.82, 2.24) is 10.2 Å². The fraction of sp³-hybridized carbons (Fsp3) is 0.647. The van der Waals surface area contributed by atoms with Crippen LogP contribution in [-0.4, -0.2) is 36.2 Å². The van der Waals surface area contributed by atoms with Crippen molar-refractivity contribution in [2.24, 2.45) is 0 Å². The number of likely N-dealkylation sites (N-methyl/N-ethyl adjacent to an activating group) is 1. The van der Waals surface area contributed by atoms with Gasteiger partial charge in [-0.05, 0) is 62.9 Å². The molecule has 1 aromatic carbocycles. The maximum atomic E-state index is 10.3. The number of nitrogens with zero attached hydrogens (tertiary/aromatic N) is 1. The Bertz CT molecular complexity index is 494. The van der Waals surface area contributed by atoms with Gasteiger partial charge in [0.15, 0.2) is 0 Å². The summed E-state index contributed by atoms with van der Waals surface area (Å²) in [6, 6.07) is 4.89. The van der Waals surface area contributed by atoms with Crippen LogP contribution in [0.2, 0.25) is 0 Å². The number of aromatic hydroxyl groups is 1. The van der Waals surface area contributed by atoms with Crippen molar-refractivity contribution in [2.45, 2.75) is 51.1 Å². The molecule has 0 saturated carbocycles. The van der Waals surface area contributed by atoms with Gasteiger partial charge in [-0.2, -0.15) is 0 Å². The van der Waals surface area contributed by atoms with E-state index in [2.05, 4.69) is 31.1 Å². The van der Waals surface area contributed by atoms with Gasteiger partial charge in [0.05, 0.1) is 0 Å². The molecule has 3 rings (SSSR count). The molecule has 3 unspecified atom stereocenters. The van der Waals surface area contributed by atoms with Gasteiger partial charge in [0.1, 0.15) is 5.75 Å². The van der Waals surface area contributed by atoms with E-state index in [1.54, 1.807) is 0 Å². The SMILES string of the molecule is Cc1ccc(O)c2c1C(C)CC2N(C)CC1CCCN1. The molecule has 1 aromatic rings. The van der Waals surface area contributed by atoms with E-state index in [1.807, 2.05) is 12.1 Å². The van der Waals surface area contributed by atoms with Crippen LogP contribution in [0.25, 0.3) is 0 Å². The van der Waals surface area contributed by atoms with Gasteiger partial charge < -0.3 is 10.4 Å². The van der Waals surface area contributed by atoms with Gasteiger partial charge in [-0.25, -0.2) is 0 Å². The normalized spacial score (nSPS) is 29.1. The first-order valence-electron chi connectivity index (χ1n) is 7.84. The minimum absolute atomic E-state index is 0.363. The Morgan fingerprint density at radius 2 is 2.15 bits per heavy atom. The van der Waals surface area contributed by atoms with E-state index in [4.69, 9.17) is 0 Å². The van der Waals surface area contributed by atoms with E-state index < -0.39 is 0 Å². The summed E-state index contributed by atoms with van der Waals surface area (Å²) in [6.45, 7) is 6.67. The van der Waals surface area contributed by atoms with Crippen LogP contribution in [0.15, 0.2) is 12.1 Å². The molecule has 0 spiro atoms. The third kappa shape index (κ3) is 2.33. The number of hydrogen-bond acceptors (Lipinski definition) is 3. The number of phenolic OH excluding ortho intramolecular Hbond substituents is 1. The zero-order valence-corrected chi connectivity index (χ0v) is 12.8. The van der Waals surface area contributed by atoms with E-state index in [0.29, 0.717) is 23.8 Å². The molecule has 1 fully saturated rings. The molecule has 20 heavy (non-hydrogen) atoms. The van der Waals surface area contributed by atoms with Crippen LogP contribution >= 0.6 is 0 Å². The minimum atomic E-state index is 0.363. The smallest absolute Gasteiger partial charge is 0.120 e. The number of aryl methyl sites for hydroxylation is 1. The minimum Gasteiger partial charge on any atom is -0.508 e. The summed E-state index contributed by atoms with van der Waals surface area (Å²) in [4.78, 5) is 2.44. The Morgan fingerprint density at radius 1 is 1.35 bits per heavy atom. The zero-order valence-electron chi connectivity index (χ0n) is 12.8. The van der Waals surface area contributed by atoms with Crippen LogP contribution in [-0.2, 0) is 0 Å². The number of nitrogens with one attached hydrogen (secondary N) is 1. The highest BCUT2D eigenvalue weighted by Crippen LogP contribution is 2.48. The van der Waals surface area contributed by atoms with Gasteiger partial charge in [0.25, 0.3) is 0 Å². The predicted octanol–water partition coefficient (Wildman–Crippen LogP) is 2.93. The molecular formula is C17H26N2O. The first-order chi connectivity index (χ1) is 9.58. The Balaban J connectivity index is 1.84. The predicted molar refractivity (Wildman–Crippen MR) is 82.3 cm³/mol. The summed E-state index contributed by atoms with van der Waals surface area (Å²) in [6.07, 6.45) is 3.69. The molecule has 1 saturated heterocycles. The summed E-state index contributed by atoms with van der Waals surface area (Å²) >= 11 is 0. The Kier molecular flexibility index (Phi) is 3.74. The Labute approximate surface area is 122 Å². The van der Waals surface area contributed by atoms with Gasteiger partial charge in [0.2, 0.25) is 0 Å². The van der Waals surface area contributed by atoms with Crippen LogP contribution < -0.4 is 5.32 Å². The van der Waals surface area contributed by atoms with E-state index in [-0.39, 0.29) is 0 Å². The molecule has 3 atom stereocenters. The van der Waals surface area contributed by atoms with Gasteiger partial charge in [-0.1, -0.05) is 13.0 Å². The molecule has 110 valence electrons. The molecule has 3 nitrogen and oxygen atoms in total. The van der Waals surface area contributed by atoms with Crippen molar-refractivity contribution < 1.29 is 5.11 Å². The lowest BCUT2D eigenvalue weighted by atomic mass is 9.97. The molecule has 0 bridgehead atoms. The van der Waals surface area contributed by atoms with Crippen LogP contribution in [0.3, 0.4) is 0 Å². The van der Waals surface area contributed by atoms with Gasteiger partial charge in [-0.15, -0.1) is 0 Å².